The Morgan fingerprint density at radius 2 is 2.22 bits per heavy atom. The fraction of sp³-hybridized carbons (Fsp3) is 0.500. The molecule has 0 saturated heterocycles. The van der Waals surface area contributed by atoms with Crippen LogP contribution < -0.4 is 9.47 Å². The molecule has 1 aliphatic rings. The summed E-state index contributed by atoms with van der Waals surface area (Å²) in [6.07, 6.45) is 3.01. The van der Waals surface area contributed by atoms with E-state index in [1.54, 1.807) is 7.11 Å². The molecular formula is C14H18O4. The number of aliphatic carboxylic acids is 1. The van der Waals surface area contributed by atoms with Crippen LogP contribution in [-0.4, -0.2) is 24.8 Å². The van der Waals surface area contributed by atoms with Gasteiger partial charge in [-0.3, -0.25) is 4.79 Å². The zero-order valence-corrected chi connectivity index (χ0v) is 10.5. The van der Waals surface area contributed by atoms with Crippen LogP contribution in [0.3, 0.4) is 0 Å². The number of carbonyl (C=O) groups is 1. The molecule has 0 atom stereocenters. The Kier molecular flexibility index (Phi) is 4.07. The lowest BCUT2D eigenvalue weighted by Crippen LogP contribution is -2.05. The Hall–Kier alpha value is -1.71. The van der Waals surface area contributed by atoms with Crippen molar-refractivity contribution in [1.82, 2.24) is 0 Å². The number of benzene rings is 1. The molecular weight excluding hydrogens is 232 g/mol. The Balaban J connectivity index is 2.11. The summed E-state index contributed by atoms with van der Waals surface area (Å²) in [7, 11) is 1.60. The van der Waals surface area contributed by atoms with Crippen molar-refractivity contribution in [3.63, 3.8) is 0 Å². The average molecular weight is 250 g/mol. The van der Waals surface area contributed by atoms with Crippen LogP contribution in [0.1, 0.15) is 24.8 Å². The van der Waals surface area contributed by atoms with Gasteiger partial charge in [-0.15, -0.1) is 0 Å². The van der Waals surface area contributed by atoms with Crippen molar-refractivity contribution in [3.05, 3.63) is 23.8 Å². The molecule has 0 spiro atoms. The summed E-state index contributed by atoms with van der Waals surface area (Å²) in [5.41, 5.74) is 0.900. The molecule has 2 rings (SSSR count). The predicted molar refractivity (Wildman–Crippen MR) is 67.2 cm³/mol. The number of aryl methyl sites for hydroxylation is 1. The minimum atomic E-state index is -0.800. The zero-order valence-electron chi connectivity index (χ0n) is 10.5. The largest absolute Gasteiger partial charge is 0.493 e. The molecule has 0 aliphatic heterocycles. The van der Waals surface area contributed by atoms with Crippen LogP contribution in [0.15, 0.2) is 18.2 Å². The molecule has 0 radical (unpaired) electrons. The maximum absolute atomic E-state index is 10.6. The van der Waals surface area contributed by atoms with Crippen LogP contribution in [0.4, 0.5) is 0 Å². The third kappa shape index (κ3) is 3.39. The second-order valence-electron chi connectivity index (χ2n) is 4.60. The first-order chi connectivity index (χ1) is 8.70. The van der Waals surface area contributed by atoms with E-state index in [1.165, 1.54) is 12.8 Å². The Morgan fingerprint density at radius 3 is 2.83 bits per heavy atom. The lowest BCUT2D eigenvalue weighted by atomic mass is 10.1. The summed E-state index contributed by atoms with van der Waals surface area (Å²) in [6, 6.07) is 5.60. The van der Waals surface area contributed by atoms with E-state index in [0.717, 1.165) is 5.56 Å². The number of ether oxygens (including phenoxy) is 2. The van der Waals surface area contributed by atoms with E-state index >= 15 is 0 Å². The minimum Gasteiger partial charge on any atom is -0.493 e. The van der Waals surface area contributed by atoms with Gasteiger partial charge in [0, 0.05) is 6.42 Å². The number of hydrogen-bond donors (Lipinski definition) is 1. The van der Waals surface area contributed by atoms with Gasteiger partial charge in [0.05, 0.1) is 13.7 Å². The van der Waals surface area contributed by atoms with Gasteiger partial charge in [0.1, 0.15) is 0 Å². The van der Waals surface area contributed by atoms with E-state index in [2.05, 4.69) is 0 Å². The molecule has 1 fully saturated rings. The molecule has 4 heteroatoms. The van der Waals surface area contributed by atoms with Crippen LogP contribution >= 0.6 is 0 Å². The van der Waals surface area contributed by atoms with Gasteiger partial charge in [-0.1, -0.05) is 12.1 Å². The maximum atomic E-state index is 10.6. The van der Waals surface area contributed by atoms with Crippen LogP contribution in [0.5, 0.6) is 11.5 Å². The molecule has 0 unspecified atom stereocenters. The summed E-state index contributed by atoms with van der Waals surface area (Å²) in [6.45, 7) is 0.695. The molecule has 4 nitrogen and oxygen atoms in total. The van der Waals surface area contributed by atoms with Gasteiger partial charge in [-0.2, -0.15) is 0 Å². The third-order valence-electron chi connectivity index (χ3n) is 3.05. The van der Waals surface area contributed by atoms with E-state index < -0.39 is 5.97 Å². The van der Waals surface area contributed by atoms with Crippen molar-refractivity contribution in [1.29, 1.82) is 0 Å². The summed E-state index contributed by atoms with van der Waals surface area (Å²) < 4.78 is 11.1. The number of para-hydroxylation sites is 1. The second-order valence-corrected chi connectivity index (χ2v) is 4.60. The zero-order chi connectivity index (χ0) is 13.0. The molecule has 98 valence electrons. The lowest BCUT2D eigenvalue weighted by molar-refractivity contribution is -0.136. The first-order valence-corrected chi connectivity index (χ1v) is 6.21. The Bertz CT molecular complexity index is 424. The Morgan fingerprint density at radius 1 is 1.44 bits per heavy atom. The number of carboxylic acid groups (broad SMARTS) is 1. The van der Waals surface area contributed by atoms with E-state index in [-0.39, 0.29) is 6.42 Å². The number of hydrogen-bond acceptors (Lipinski definition) is 3. The fourth-order valence-electron chi connectivity index (χ4n) is 1.81. The highest BCUT2D eigenvalue weighted by Crippen LogP contribution is 2.35. The highest BCUT2D eigenvalue weighted by atomic mass is 16.5. The quantitative estimate of drug-likeness (QED) is 0.807. The molecule has 0 heterocycles. The molecule has 1 aromatic carbocycles. The average Bonchev–Trinajstić information content (AvgIpc) is 3.17. The van der Waals surface area contributed by atoms with Crippen molar-refractivity contribution in [3.8, 4) is 11.5 Å². The number of methoxy groups -OCH3 is 1. The maximum Gasteiger partial charge on any atom is 0.303 e. The minimum absolute atomic E-state index is 0.104. The Labute approximate surface area is 107 Å². The highest BCUT2D eigenvalue weighted by molar-refractivity contribution is 5.67. The van der Waals surface area contributed by atoms with Crippen molar-refractivity contribution in [2.24, 2.45) is 5.92 Å². The van der Waals surface area contributed by atoms with Crippen molar-refractivity contribution < 1.29 is 19.4 Å². The molecule has 1 N–H and O–H groups in total. The third-order valence-corrected chi connectivity index (χ3v) is 3.05. The summed E-state index contributed by atoms with van der Waals surface area (Å²) in [5, 5.41) is 8.75. The first-order valence-electron chi connectivity index (χ1n) is 6.21. The van der Waals surface area contributed by atoms with Crippen LogP contribution in [-0.2, 0) is 11.2 Å². The molecule has 1 aliphatic carbocycles. The van der Waals surface area contributed by atoms with Crippen molar-refractivity contribution >= 4 is 5.97 Å². The monoisotopic (exact) mass is 250 g/mol. The topological polar surface area (TPSA) is 55.8 Å². The highest BCUT2D eigenvalue weighted by Gasteiger charge is 2.23. The van der Waals surface area contributed by atoms with Crippen molar-refractivity contribution in [2.75, 3.05) is 13.7 Å². The van der Waals surface area contributed by atoms with Crippen molar-refractivity contribution in [2.45, 2.75) is 25.7 Å². The van der Waals surface area contributed by atoms with Gasteiger partial charge >= 0.3 is 5.97 Å². The van der Waals surface area contributed by atoms with E-state index in [9.17, 15) is 4.79 Å². The first kappa shape index (κ1) is 12.7. The SMILES string of the molecule is COc1cccc(CCC(=O)O)c1OCC1CC1. The van der Waals surface area contributed by atoms with Gasteiger partial charge < -0.3 is 14.6 Å². The molecule has 0 amide bonds. The van der Waals surface area contributed by atoms with E-state index in [4.69, 9.17) is 14.6 Å². The smallest absolute Gasteiger partial charge is 0.303 e. The molecule has 1 aromatic rings. The molecule has 18 heavy (non-hydrogen) atoms. The van der Waals surface area contributed by atoms with E-state index in [0.29, 0.717) is 30.4 Å². The number of rotatable bonds is 7. The lowest BCUT2D eigenvalue weighted by Gasteiger charge is -2.14. The summed E-state index contributed by atoms with van der Waals surface area (Å²) in [5.74, 6) is 1.24. The van der Waals surface area contributed by atoms with Gasteiger partial charge in [0.15, 0.2) is 11.5 Å². The van der Waals surface area contributed by atoms with Gasteiger partial charge in [0.2, 0.25) is 0 Å². The summed E-state index contributed by atoms with van der Waals surface area (Å²) >= 11 is 0. The number of carboxylic acids is 1. The normalized spacial score (nSPS) is 14.3. The fourth-order valence-corrected chi connectivity index (χ4v) is 1.81. The van der Waals surface area contributed by atoms with Gasteiger partial charge in [-0.05, 0) is 36.8 Å². The summed E-state index contributed by atoms with van der Waals surface area (Å²) in [4.78, 5) is 10.6. The predicted octanol–water partition coefficient (Wildman–Crippen LogP) is 2.50. The van der Waals surface area contributed by atoms with Crippen LogP contribution in [0, 0.1) is 5.92 Å². The molecule has 0 aromatic heterocycles. The van der Waals surface area contributed by atoms with Gasteiger partial charge in [0.25, 0.3) is 0 Å². The standard InChI is InChI=1S/C14H18O4/c1-17-12-4-2-3-11(7-8-13(15)16)14(12)18-9-10-5-6-10/h2-4,10H,5-9H2,1H3,(H,15,16). The van der Waals surface area contributed by atoms with Crippen LogP contribution in [0.2, 0.25) is 0 Å². The molecule has 1 saturated carbocycles. The van der Waals surface area contributed by atoms with Crippen LogP contribution in [0.25, 0.3) is 0 Å². The second kappa shape index (κ2) is 5.76. The van der Waals surface area contributed by atoms with E-state index in [1.807, 2.05) is 18.2 Å². The molecule has 0 bridgehead atoms. The van der Waals surface area contributed by atoms with Gasteiger partial charge in [-0.25, -0.2) is 0 Å².